The van der Waals surface area contributed by atoms with Crippen molar-refractivity contribution in [1.82, 2.24) is 19.5 Å². The minimum atomic E-state index is -4.47. The summed E-state index contributed by atoms with van der Waals surface area (Å²) >= 11 is 6.87. The summed E-state index contributed by atoms with van der Waals surface area (Å²) in [5.74, 6) is 0.973. The highest BCUT2D eigenvalue weighted by Gasteiger charge is 2.32. The Bertz CT molecular complexity index is 584. The maximum Gasteiger partial charge on any atom is 0.433 e. The van der Waals surface area contributed by atoms with Crippen molar-refractivity contribution in [3.63, 3.8) is 0 Å². The van der Waals surface area contributed by atoms with E-state index in [4.69, 9.17) is 11.6 Å². The highest BCUT2D eigenvalue weighted by Crippen LogP contribution is 2.29. The van der Waals surface area contributed by atoms with E-state index in [9.17, 15) is 13.2 Å². The predicted octanol–water partition coefficient (Wildman–Crippen LogP) is 3.17. The van der Waals surface area contributed by atoms with Crippen molar-refractivity contribution in [2.75, 3.05) is 0 Å². The molecular weight excluding hydrogens is 301 g/mol. The van der Waals surface area contributed by atoms with Gasteiger partial charge in [0.1, 0.15) is 16.7 Å². The van der Waals surface area contributed by atoms with Crippen LogP contribution in [0.5, 0.6) is 0 Å². The van der Waals surface area contributed by atoms with Gasteiger partial charge in [0.25, 0.3) is 0 Å². The fraction of sp³-hybridized carbons (Fsp3) is 0.300. The van der Waals surface area contributed by atoms with Crippen molar-refractivity contribution in [1.29, 1.82) is 0 Å². The van der Waals surface area contributed by atoms with Gasteiger partial charge < -0.3 is 4.57 Å². The molecule has 102 valence electrons. The second-order valence-electron chi connectivity index (χ2n) is 3.57. The summed E-state index contributed by atoms with van der Waals surface area (Å²) in [5.41, 5.74) is -0.956. The van der Waals surface area contributed by atoms with Gasteiger partial charge in [-0.2, -0.15) is 13.2 Å². The van der Waals surface area contributed by atoms with Crippen molar-refractivity contribution < 1.29 is 13.2 Å². The van der Waals surface area contributed by atoms with E-state index in [-0.39, 0.29) is 5.16 Å². The zero-order valence-corrected chi connectivity index (χ0v) is 11.2. The summed E-state index contributed by atoms with van der Waals surface area (Å²) in [6, 6.07) is 0.835. The van der Waals surface area contributed by atoms with E-state index in [1.165, 1.54) is 6.20 Å². The van der Waals surface area contributed by atoms with Gasteiger partial charge in [-0.15, -0.1) is 0 Å². The molecule has 0 amide bonds. The second kappa shape index (κ2) is 5.38. The van der Waals surface area contributed by atoms with Crippen molar-refractivity contribution in [3.8, 4) is 0 Å². The molecular formula is C10H8ClF3N4S. The first-order chi connectivity index (χ1) is 8.88. The van der Waals surface area contributed by atoms with E-state index in [1.54, 1.807) is 11.6 Å². The summed E-state index contributed by atoms with van der Waals surface area (Å²) in [4.78, 5) is 11.3. The lowest BCUT2D eigenvalue weighted by Crippen LogP contribution is -2.08. The standard InChI is InChI=1S/C10H8ClF3N4S/c1-18-7(11)4-16-8(18)5-19-9-15-3-2-6(17-9)10(12,13)14/h2-4H,5H2,1H3. The third-order valence-corrected chi connectivity index (χ3v) is 3.49. The first kappa shape index (κ1) is 14.1. The molecule has 9 heteroatoms. The first-order valence-electron chi connectivity index (χ1n) is 5.07. The molecule has 0 unspecified atom stereocenters. The van der Waals surface area contributed by atoms with Crippen LogP contribution >= 0.6 is 23.4 Å². The van der Waals surface area contributed by atoms with E-state index in [0.717, 1.165) is 24.0 Å². The molecule has 0 saturated heterocycles. The van der Waals surface area contributed by atoms with Gasteiger partial charge in [-0.25, -0.2) is 15.0 Å². The Hall–Kier alpha value is -1.28. The van der Waals surface area contributed by atoms with Crippen LogP contribution in [0.15, 0.2) is 23.6 Å². The fourth-order valence-electron chi connectivity index (χ4n) is 1.26. The number of hydrogen-bond acceptors (Lipinski definition) is 4. The van der Waals surface area contributed by atoms with Gasteiger partial charge >= 0.3 is 6.18 Å². The average Bonchev–Trinajstić information content (AvgIpc) is 2.67. The minimum Gasteiger partial charge on any atom is -0.322 e. The molecule has 4 nitrogen and oxygen atoms in total. The quantitative estimate of drug-likeness (QED) is 0.645. The summed E-state index contributed by atoms with van der Waals surface area (Å²) in [6.45, 7) is 0. The highest BCUT2D eigenvalue weighted by molar-refractivity contribution is 7.98. The Kier molecular flexibility index (Phi) is 4.00. The number of nitrogens with zero attached hydrogens (tertiary/aromatic N) is 4. The predicted molar refractivity (Wildman–Crippen MR) is 64.8 cm³/mol. The number of alkyl halides is 3. The van der Waals surface area contributed by atoms with E-state index in [0.29, 0.717) is 16.7 Å². The van der Waals surface area contributed by atoms with Gasteiger partial charge in [-0.1, -0.05) is 23.4 Å². The van der Waals surface area contributed by atoms with Gasteiger partial charge in [-0.05, 0) is 6.07 Å². The highest BCUT2D eigenvalue weighted by atomic mass is 35.5. The third-order valence-electron chi connectivity index (χ3n) is 2.28. The van der Waals surface area contributed by atoms with E-state index in [2.05, 4.69) is 15.0 Å². The van der Waals surface area contributed by atoms with Crippen LogP contribution in [-0.2, 0) is 19.0 Å². The number of halogens is 4. The Labute approximate surface area is 116 Å². The lowest BCUT2D eigenvalue weighted by molar-refractivity contribution is -0.141. The van der Waals surface area contributed by atoms with E-state index in [1.807, 2.05) is 0 Å². The molecule has 0 aliphatic rings. The SMILES string of the molecule is Cn1c(Cl)cnc1CSc1nccc(C(F)(F)F)n1. The lowest BCUT2D eigenvalue weighted by atomic mass is 10.4. The summed E-state index contributed by atoms with van der Waals surface area (Å²) in [6.07, 6.45) is -1.90. The van der Waals surface area contributed by atoms with Gasteiger partial charge in [0.15, 0.2) is 5.16 Å². The maximum absolute atomic E-state index is 12.5. The van der Waals surface area contributed by atoms with Gasteiger partial charge in [0.05, 0.1) is 11.9 Å². The number of thioether (sulfide) groups is 1. The molecule has 0 spiro atoms. The Morgan fingerprint density at radius 2 is 2.11 bits per heavy atom. The Morgan fingerprint density at radius 3 is 2.68 bits per heavy atom. The van der Waals surface area contributed by atoms with Crippen LogP contribution < -0.4 is 0 Å². The molecule has 2 aromatic rings. The Morgan fingerprint density at radius 1 is 1.37 bits per heavy atom. The van der Waals surface area contributed by atoms with Crippen LogP contribution in [0, 0.1) is 0 Å². The summed E-state index contributed by atoms with van der Waals surface area (Å²) in [5, 5.41) is 0.509. The molecule has 19 heavy (non-hydrogen) atoms. The molecule has 0 N–H and O–H groups in total. The molecule has 2 rings (SSSR count). The summed E-state index contributed by atoms with van der Waals surface area (Å²) < 4.78 is 39.0. The van der Waals surface area contributed by atoms with Crippen LogP contribution in [0.3, 0.4) is 0 Å². The number of rotatable bonds is 3. The Balaban J connectivity index is 2.10. The van der Waals surface area contributed by atoms with Crippen molar-refractivity contribution in [2.45, 2.75) is 17.1 Å². The van der Waals surface area contributed by atoms with E-state index >= 15 is 0 Å². The largest absolute Gasteiger partial charge is 0.433 e. The van der Waals surface area contributed by atoms with Crippen LogP contribution in [0.25, 0.3) is 0 Å². The summed E-state index contributed by atoms with van der Waals surface area (Å²) in [7, 11) is 1.72. The number of aromatic nitrogens is 4. The van der Waals surface area contributed by atoms with E-state index < -0.39 is 11.9 Å². The zero-order chi connectivity index (χ0) is 14.0. The molecule has 2 aromatic heterocycles. The second-order valence-corrected chi connectivity index (χ2v) is 4.90. The lowest BCUT2D eigenvalue weighted by Gasteiger charge is -2.06. The molecule has 0 aliphatic carbocycles. The molecule has 0 saturated carbocycles. The third kappa shape index (κ3) is 3.38. The van der Waals surface area contributed by atoms with Crippen LogP contribution in [0.1, 0.15) is 11.5 Å². The van der Waals surface area contributed by atoms with Crippen LogP contribution in [0.2, 0.25) is 5.15 Å². The van der Waals surface area contributed by atoms with Gasteiger partial charge in [0.2, 0.25) is 0 Å². The molecule has 0 atom stereocenters. The molecule has 0 aromatic carbocycles. The number of hydrogen-bond donors (Lipinski definition) is 0. The van der Waals surface area contributed by atoms with Crippen LogP contribution in [-0.4, -0.2) is 19.5 Å². The maximum atomic E-state index is 12.5. The molecule has 0 radical (unpaired) electrons. The smallest absolute Gasteiger partial charge is 0.322 e. The normalized spacial score (nSPS) is 11.8. The molecule has 2 heterocycles. The minimum absolute atomic E-state index is 0.0500. The van der Waals surface area contributed by atoms with Gasteiger partial charge in [-0.3, -0.25) is 0 Å². The van der Waals surface area contributed by atoms with Crippen molar-refractivity contribution >= 4 is 23.4 Å². The van der Waals surface area contributed by atoms with Crippen LogP contribution in [0.4, 0.5) is 13.2 Å². The molecule has 0 fully saturated rings. The topological polar surface area (TPSA) is 43.6 Å². The van der Waals surface area contributed by atoms with Gasteiger partial charge in [0, 0.05) is 13.2 Å². The average molecular weight is 309 g/mol. The van der Waals surface area contributed by atoms with Crippen molar-refractivity contribution in [2.24, 2.45) is 7.05 Å². The van der Waals surface area contributed by atoms with Crippen molar-refractivity contribution in [3.05, 3.63) is 35.1 Å². The fourth-order valence-corrected chi connectivity index (χ4v) is 2.23. The monoisotopic (exact) mass is 308 g/mol. The zero-order valence-electron chi connectivity index (χ0n) is 9.65. The number of imidazole rings is 1. The molecule has 0 aliphatic heterocycles. The first-order valence-corrected chi connectivity index (χ1v) is 6.43. The molecule has 0 bridgehead atoms.